The molecule has 2 N–H and O–H groups in total. The maximum absolute atomic E-state index is 12.0. The second-order valence-electron chi connectivity index (χ2n) is 5.60. The molecule has 0 spiro atoms. The van der Waals surface area contributed by atoms with Gasteiger partial charge in [0.25, 0.3) is 0 Å². The van der Waals surface area contributed by atoms with E-state index in [0.717, 1.165) is 37.9 Å². The largest absolute Gasteiger partial charge is 0.332 e. The third kappa shape index (κ3) is 4.67. The van der Waals surface area contributed by atoms with Gasteiger partial charge in [-0.15, -0.1) is 0 Å². The quantitative estimate of drug-likeness (QED) is 0.834. The average Bonchev–Trinajstić information content (AvgIpc) is 3.02. The SMILES string of the molecule is O=C(Nc1ccn(CCc2ccccn2)n1)NC1C=CCCC1. The Bertz CT molecular complexity index is 665. The van der Waals surface area contributed by atoms with Crippen LogP contribution in [0, 0.1) is 0 Å². The molecule has 1 aliphatic rings. The first-order chi connectivity index (χ1) is 11.3. The van der Waals surface area contributed by atoms with Crippen molar-refractivity contribution in [2.75, 3.05) is 5.32 Å². The Balaban J connectivity index is 1.47. The van der Waals surface area contributed by atoms with E-state index in [2.05, 4.69) is 32.9 Å². The minimum atomic E-state index is -0.212. The molecule has 2 aromatic rings. The van der Waals surface area contributed by atoms with Gasteiger partial charge in [-0.3, -0.25) is 15.0 Å². The maximum Gasteiger partial charge on any atom is 0.320 e. The third-order valence-corrected chi connectivity index (χ3v) is 3.78. The molecule has 6 heteroatoms. The Morgan fingerprint density at radius 1 is 1.35 bits per heavy atom. The highest BCUT2D eigenvalue weighted by atomic mass is 16.2. The summed E-state index contributed by atoms with van der Waals surface area (Å²) >= 11 is 0. The van der Waals surface area contributed by atoms with Crippen molar-refractivity contribution in [2.24, 2.45) is 0 Å². The smallest absolute Gasteiger partial charge is 0.320 e. The molecule has 0 saturated carbocycles. The van der Waals surface area contributed by atoms with E-state index in [-0.39, 0.29) is 12.1 Å². The number of hydrogen-bond donors (Lipinski definition) is 2. The molecule has 23 heavy (non-hydrogen) atoms. The number of carbonyl (C=O) groups is 1. The molecule has 2 heterocycles. The number of carbonyl (C=O) groups excluding carboxylic acids is 1. The lowest BCUT2D eigenvalue weighted by Gasteiger charge is -2.17. The molecule has 1 atom stereocenters. The van der Waals surface area contributed by atoms with Crippen LogP contribution in [0.2, 0.25) is 0 Å². The van der Waals surface area contributed by atoms with E-state index in [9.17, 15) is 4.79 Å². The van der Waals surface area contributed by atoms with E-state index in [1.165, 1.54) is 0 Å². The zero-order valence-electron chi connectivity index (χ0n) is 13.0. The molecule has 1 aliphatic carbocycles. The molecule has 3 rings (SSSR count). The molecule has 2 amide bonds. The van der Waals surface area contributed by atoms with Crippen LogP contribution in [0.25, 0.3) is 0 Å². The van der Waals surface area contributed by atoms with Gasteiger partial charge in [0.05, 0.1) is 0 Å². The summed E-state index contributed by atoms with van der Waals surface area (Å²) in [4.78, 5) is 16.2. The molecule has 6 nitrogen and oxygen atoms in total. The Morgan fingerprint density at radius 3 is 3.09 bits per heavy atom. The number of amides is 2. The molecule has 120 valence electrons. The van der Waals surface area contributed by atoms with Gasteiger partial charge in [0.1, 0.15) is 0 Å². The molecule has 0 radical (unpaired) electrons. The summed E-state index contributed by atoms with van der Waals surface area (Å²) in [6.07, 6.45) is 11.8. The number of nitrogens with zero attached hydrogens (tertiary/aromatic N) is 3. The molecule has 2 aromatic heterocycles. The summed E-state index contributed by atoms with van der Waals surface area (Å²) in [7, 11) is 0. The third-order valence-electron chi connectivity index (χ3n) is 3.78. The van der Waals surface area contributed by atoms with E-state index in [1.807, 2.05) is 29.1 Å². The van der Waals surface area contributed by atoms with Gasteiger partial charge < -0.3 is 5.32 Å². The summed E-state index contributed by atoms with van der Waals surface area (Å²) in [5.41, 5.74) is 1.03. The molecule has 0 bridgehead atoms. The Kier molecular flexibility index (Phi) is 5.03. The highest BCUT2D eigenvalue weighted by Gasteiger charge is 2.12. The predicted octanol–water partition coefficient (Wildman–Crippen LogP) is 2.75. The number of pyridine rings is 1. The molecule has 0 aliphatic heterocycles. The van der Waals surface area contributed by atoms with Crippen LogP contribution in [-0.4, -0.2) is 26.8 Å². The van der Waals surface area contributed by atoms with Gasteiger partial charge in [0.2, 0.25) is 0 Å². The number of nitrogens with one attached hydrogen (secondary N) is 2. The molecule has 1 unspecified atom stereocenters. The van der Waals surface area contributed by atoms with Gasteiger partial charge in [0, 0.05) is 43.2 Å². The van der Waals surface area contributed by atoms with E-state index < -0.39 is 0 Å². The van der Waals surface area contributed by atoms with E-state index in [4.69, 9.17) is 0 Å². The second kappa shape index (κ2) is 7.58. The Hall–Kier alpha value is -2.63. The van der Waals surface area contributed by atoms with Crippen LogP contribution in [0.1, 0.15) is 25.0 Å². The maximum atomic E-state index is 12.0. The topological polar surface area (TPSA) is 71.8 Å². The molecule has 0 saturated heterocycles. The second-order valence-corrected chi connectivity index (χ2v) is 5.60. The van der Waals surface area contributed by atoms with Crippen LogP contribution in [0.3, 0.4) is 0 Å². The van der Waals surface area contributed by atoms with Gasteiger partial charge in [-0.25, -0.2) is 4.79 Å². The van der Waals surface area contributed by atoms with Crippen LogP contribution in [-0.2, 0) is 13.0 Å². The van der Waals surface area contributed by atoms with E-state index in [0.29, 0.717) is 5.82 Å². The summed E-state index contributed by atoms with van der Waals surface area (Å²) < 4.78 is 1.81. The number of anilines is 1. The summed E-state index contributed by atoms with van der Waals surface area (Å²) in [6.45, 7) is 0.728. The highest BCUT2D eigenvalue weighted by molar-refractivity contribution is 5.88. The fourth-order valence-corrected chi connectivity index (χ4v) is 2.58. The Morgan fingerprint density at radius 2 is 2.30 bits per heavy atom. The van der Waals surface area contributed by atoms with Crippen LogP contribution in [0.15, 0.2) is 48.8 Å². The van der Waals surface area contributed by atoms with Crippen molar-refractivity contribution in [3.05, 3.63) is 54.5 Å². The van der Waals surface area contributed by atoms with Crippen molar-refractivity contribution in [3.63, 3.8) is 0 Å². The minimum absolute atomic E-state index is 0.120. The number of hydrogen-bond acceptors (Lipinski definition) is 3. The number of urea groups is 1. The number of allylic oxidation sites excluding steroid dienone is 1. The molecule has 0 fully saturated rings. The van der Waals surface area contributed by atoms with Gasteiger partial charge in [-0.2, -0.15) is 5.10 Å². The van der Waals surface area contributed by atoms with Crippen molar-refractivity contribution in [3.8, 4) is 0 Å². The van der Waals surface area contributed by atoms with Crippen LogP contribution in [0.4, 0.5) is 10.6 Å². The van der Waals surface area contributed by atoms with Crippen LogP contribution >= 0.6 is 0 Å². The normalized spacial score (nSPS) is 17.0. The fourth-order valence-electron chi connectivity index (χ4n) is 2.58. The average molecular weight is 311 g/mol. The van der Waals surface area contributed by atoms with Gasteiger partial charge in [-0.05, 0) is 31.4 Å². The standard InChI is InChI=1S/C17H21N5O/c23-17(19-15-7-2-1-3-8-15)20-16-10-13-22(21-16)12-9-14-6-4-5-11-18-14/h2,4-7,10-11,13,15H,1,3,8-9,12H2,(H2,19,20,21,23). The van der Waals surface area contributed by atoms with Crippen molar-refractivity contribution < 1.29 is 4.79 Å². The lowest BCUT2D eigenvalue weighted by atomic mass is 10.0. The van der Waals surface area contributed by atoms with Gasteiger partial charge in [0.15, 0.2) is 5.82 Å². The van der Waals surface area contributed by atoms with Gasteiger partial charge >= 0.3 is 6.03 Å². The van der Waals surface area contributed by atoms with Crippen molar-refractivity contribution in [1.82, 2.24) is 20.1 Å². The van der Waals surface area contributed by atoms with Crippen LogP contribution < -0.4 is 10.6 Å². The predicted molar refractivity (Wildman–Crippen MR) is 89.1 cm³/mol. The molecular weight excluding hydrogens is 290 g/mol. The first kappa shape index (κ1) is 15.3. The molecule has 0 aromatic carbocycles. The molecular formula is C17H21N5O. The van der Waals surface area contributed by atoms with Crippen molar-refractivity contribution >= 4 is 11.8 Å². The van der Waals surface area contributed by atoms with Crippen molar-refractivity contribution in [2.45, 2.75) is 38.3 Å². The minimum Gasteiger partial charge on any atom is -0.332 e. The zero-order valence-corrected chi connectivity index (χ0v) is 13.0. The Labute approximate surface area is 135 Å². The fraction of sp³-hybridized carbons (Fsp3) is 0.353. The summed E-state index contributed by atoms with van der Waals surface area (Å²) in [5.74, 6) is 0.559. The number of aryl methyl sites for hydroxylation is 2. The highest BCUT2D eigenvalue weighted by Crippen LogP contribution is 2.10. The van der Waals surface area contributed by atoms with E-state index >= 15 is 0 Å². The summed E-state index contributed by atoms with van der Waals surface area (Å²) in [6, 6.07) is 7.58. The number of aromatic nitrogens is 3. The first-order valence-electron chi connectivity index (χ1n) is 7.97. The zero-order chi connectivity index (χ0) is 15.9. The van der Waals surface area contributed by atoms with Crippen molar-refractivity contribution in [1.29, 1.82) is 0 Å². The lowest BCUT2D eigenvalue weighted by Crippen LogP contribution is -2.37. The van der Waals surface area contributed by atoms with Crippen LogP contribution in [0.5, 0.6) is 0 Å². The lowest BCUT2D eigenvalue weighted by molar-refractivity contribution is 0.249. The summed E-state index contributed by atoms with van der Waals surface area (Å²) in [5, 5.41) is 10.1. The monoisotopic (exact) mass is 311 g/mol. The number of rotatable bonds is 5. The van der Waals surface area contributed by atoms with Gasteiger partial charge in [-0.1, -0.05) is 18.2 Å². The first-order valence-corrected chi connectivity index (χ1v) is 7.97. The van der Waals surface area contributed by atoms with E-state index in [1.54, 1.807) is 12.3 Å².